The summed E-state index contributed by atoms with van der Waals surface area (Å²) in [6.45, 7) is 6.58. The van der Waals surface area contributed by atoms with Crippen LogP contribution in [0.5, 0.6) is 0 Å². The fourth-order valence-corrected chi connectivity index (χ4v) is 2.25. The quantitative estimate of drug-likeness (QED) is 0.909. The number of nitrogens with one attached hydrogen (secondary N) is 1. The highest BCUT2D eigenvalue weighted by molar-refractivity contribution is 5.76. The van der Waals surface area contributed by atoms with Gasteiger partial charge in [0.25, 0.3) is 0 Å². The predicted octanol–water partition coefficient (Wildman–Crippen LogP) is 2.77. The standard InChI is InChI=1S/C16H21N3O/c1-12-11-13(2)19(18-12)10-9-16(20)17-14(3)15-7-5-4-6-8-15/h4-8,11,14H,9-10H2,1-3H3,(H,17,20)/t14-/m1/s1. The first kappa shape index (κ1) is 14.3. The molecule has 1 atom stereocenters. The molecule has 4 heteroatoms. The van der Waals surface area contributed by atoms with Gasteiger partial charge in [0, 0.05) is 18.7 Å². The van der Waals surface area contributed by atoms with Crippen LogP contribution in [0.3, 0.4) is 0 Å². The van der Waals surface area contributed by atoms with E-state index in [9.17, 15) is 4.79 Å². The van der Waals surface area contributed by atoms with E-state index in [1.165, 1.54) is 0 Å². The first-order valence-electron chi connectivity index (χ1n) is 6.91. The van der Waals surface area contributed by atoms with Gasteiger partial charge < -0.3 is 5.32 Å². The van der Waals surface area contributed by atoms with Crippen molar-refractivity contribution in [3.8, 4) is 0 Å². The Morgan fingerprint density at radius 3 is 2.60 bits per heavy atom. The van der Waals surface area contributed by atoms with E-state index in [1.54, 1.807) is 0 Å². The number of hydrogen-bond acceptors (Lipinski definition) is 2. The van der Waals surface area contributed by atoms with Crippen molar-refractivity contribution in [2.75, 3.05) is 0 Å². The average molecular weight is 271 g/mol. The lowest BCUT2D eigenvalue weighted by atomic mass is 10.1. The first-order valence-corrected chi connectivity index (χ1v) is 6.91. The average Bonchev–Trinajstić information content (AvgIpc) is 2.75. The molecule has 0 radical (unpaired) electrons. The summed E-state index contributed by atoms with van der Waals surface area (Å²) in [5.41, 5.74) is 3.19. The Balaban J connectivity index is 1.85. The van der Waals surface area contributed by atoms with Crippen molar-refractivity contribution in [2.45, 2.75) is 39.8 Å². The van der Waals surface area contributed by atoms with E-state index in [-0.39, 0.29) is 11.9 Å². The number of carbonyl (C=O) groups is 1. The molecule has 0 unspecified atom stereocenters. The largest absolute Gasteiger partial charge is 0.350 e. The minimum atomic E-state index is 0.0316. The molecule has 20 heavy (non-hydrogen) atoms. The van der Waals surface area contributed by atoms with Gasteiger partial charge >= 0.3 is 0 Å². The molecule has 0 bridgehead atoms. The molecule has 2 rings (SSSR count). The Morgan fingerprint density at radius 1 is 1.30 bits per heavy atom. The van der Waals surface area contributed by atoms with E-state index >= 15 is 0 Å². The van der Waals surface area contributed by atoms with Gasteiger partial charge in [0.1, 0.15) is 0 Å². The zero-order valence-corrected chi connectivity index (χ0v) is 12.3. The van der Waals surface area contributed by atoms with Gasteiger partial charge in [-0.05, 0) is 32.4 Å². The van der Waals surface area contributed by atoms with E-state index in [1.807, 2.05) is 61.9 Å². The van der Waals surface area contributed by atoms with E-state index in [4.69, 9.17) is 0 Å². The third kappa shape index (κ3) is 3.70. The number of amides is 1. The maximum atomic E-state index is 12.0. The number of hydrogen-bond donors (Lipinski definition) is 1. The Labute approximate surface area is 119 Å². The molecule has 0 aliphatic carbocycles. The summed E-state index contributed by atoms with van der Waals surface area (Å²) in [4.78, 5) is 12.0. The lowest BCUT2D eigenvalue weighted by Gasteiger charge is -2.14. The van der Waals surface area contributed by atoms with Crippen LogP contribution in [0.15, 0.2) is 36.4 Å². The van der Waals surface area contributed by atoms with Crippen molar-refractivity contribution in [1.82, 2.24) is 15.1 Å². The van der Waals surface area contributed by atoms with E-state index in [0.717, 1.165) is 17.0 Å². The number of aromatic nitrogens is 2. The Kier molecular flexibility index (Phi) is 4.56. The molecular weight excluding hydrogens is 250 g/mol. The molecule has 0 aliphatic rings. The molecule has 2 aromatic rings. The SMILES string of the molecule is Cc1cc(C)n(CCC(=O)N[C@H](C)c2ccccc2)n1. The van der Waals surface area contributed by atoms with Crippen molar-refractivity contribution < 1.29 is 4.79 Å². The number of nitrogens with zero attached hydrogens (tertiary/aromatic N) is 2. The fourth-order valence-electron chi connectivity index (χ4n) is 2.25. The summed E-state index contributed by atoms with van der Waals surface area (Å²) in [7, 11) is 0. The molecule has 4 nitrogen and oxygen atoms in total. The molecule has 1 aromatic heterocycles. The minimum Gasteiger partial charge on any atom is -0.350 e. The maximum absolute atomic E-state index is 12.0. The van der Waals surface area contributed by atoms with Gasteiger partial charge in [-0.25, -0.2) is 0 Å². The number of benzene rings is 1. The van der Waals surface area contributed by atoms with Crippen molar-refractivity contribution in [3.05, 3.63) is 53.3 Å². The number of rotatable bonds is 5. The molecule has 0 saturated heterocycles. The van der Waals surface area contributed by atoms with E-state index in [0.29, 0.717) is 13.0 Å². The normalized spacial score (nSPS) is 12.2. The lowest BCUT2D eigenvalue weighted by Crippen LogP contribution is -2.27. The zero-order valence-electron chi connectivity index (χ0n) is 12.3. The summed E-state index contributed by atoms with van der Waals surface area (Å²) in [6.07, 6.45) is 0.444. The summed E-state index contributed by atoms with van der Waals surface area (Å²) < 4.78 is 1.88. The van der Waals surface area contributed by atoms with Crippen molar-refractivity contribution in [3.63, 3.8) is 0 Å². The lowest BCUT2D eigenvalue weighted by molar-refractivity contribution is -0.122. The molecule has 0 fully saturated rings. The second-order valence-electron chi connectivity index (χ2n) is 5.10. The Morgan fingerprint density at radius 2 is 2.00 bits per heavy atom. The number of carbonyl (C=O) groups excluding carboxylic acids is 1. The van der Waals surface area contributed by atoms with Crippen LogP contribution < -0.4 is 5.32 Å². The molecule has 106 valence electrons. The van der Waals surface area contributed by atoms with Crippen LogP contribution in [0.1, 0.15) is 36.3 Å². The summed E-state index contributed by atoms with van der Waals surface area (Å²) in [5.74, 6) is 0.0499. The van der Waals surface area contributed by atoms with Gasteiger partial charge in [0.2, 0.25) is 5.91 Å². The molecular formula is C16H21N3O. The van der Waals surface area contributed by atoms with Crippen LogP contribution in [0, 0.1) is 13.8 Å². The Bertz CT molecular complexity index is 575. The van der Waals surface area contributed by atoms with Crippen molar-refractivity contribution in [1.29, 1.82) is 0 Å². The van der Waals surface area contributed by atoms with Gasteiger partial charge in [0.05, 0.1) is 11.7 Å². The summed E-state index contributed by atoms with van der Waals surface area (Å²) >= 11 is 0. The highest BCUT2D eigenvalue weighted by atomic mass is 16.1. The van der Waals surface area contributed by atoms with Crippen LogP contribution in [-0.2, 0) is 11.3 Å². The van der Waals surface area contributed by atoms with Gasteiger partial charge in [-0.2, -0.15) is 5.10 Å². The van der Waals surface area contributed by atoms with Crippen LogP contribution in [0.2, 0.25) is 0 Å². The molecule has 1 heterocycles. The maximum Gasteiger partial charge on any atom is 0.222 e. The highest BCUT2D eigenvalue weighted by Crippen LogP contribution is 2.11. The van der Waals surface area contributed by atoms with Crippen LogP contribution >= 0.6 is 0 Å². The molecule has 1 N–H and O–H groups in total. The van der Waals surface area contributed by atoms with Gasteiger partial charge in [-0.1, -0.05) is 30.3 Å². The smallest absolute Gasteiger partial charge is 0.222 e. The van der Waals surface area contributed by atoms with Crippen LogP contribution in [0.4, 0.5) is 0 Å². The second kappa shape index (κ2) is 6.37. The first-order chi connectivity index (χ1) is 9.56. The molecule has 0 aliphatic heterocycles. The fraction of sp³-hybridized carbons (Fsp3) is 0.375. The van der Waals surface area contributed by atoms with Gasteiger partial charge in [-0.3, -0.25) is 9.48 Å². The predicted molar refractivity (Wildman–Crippen MR) is 79.3 cm³/mol. The minimum absolute atomic E-state index is 0.0316. The summed E-state index contributed by atoms with van der Waals surface area (Å²) in [5, 5.41) is 7.37. The van der Waals surface area contributed by atoms with Crippen LogP contribution in [-0.4, -0.2) is 15.7 Å². The molecule has 1 amide bonds. The second-order valence-corrected chi connectivity index (χ2v) is 5.10. The monoisotopic (exact) mass is 271 g/mol. The topological polar surface area (TPSA) is 46.9 Å². The third-order valence-corrected chi connectivity index (χ3v) is 3.33. The van der Waals surface area contributed by atoms with Crippen molar-refractivity contribution >= 4 is 5.91 Å². The molecule has 0 saturated carbocycles. The van der Waals surface area contributed by atoms with Crippen LogP contribution in [0.25, 0.3) is 0 Å². The number of aryl methyl sites for hydroxylation is 3. The van der Waals surface area contributed by atoms with E-state index in [2.05, 4.69) is 10.4 Å². The summed E-state index contributed by atoms with van der Waals surface area (Å²) in [6, 6.07) is 12.0. The van der Waals surface area contributed by atoms with Gasteiger partial charge in [-0.15, -0.1) is 0 Å². The third-order valence-electron chi connectivity index (χ3n) is 3.33. The zero-order chi connectivity index (χ0) is 14.5. The van der Waals surface area contributed by atoms with E-state index < -0.39 is 0 Å². The molecule has 0 spiro atoms. The molecule has 1 aromatic carbocycles. The van der Waals surface area contributed by atoms with Crippen molar-refractivity contribution in [2.24, 2.45) is 0 Å². The Hall–Kier alpha value is -2.10. The van der Waals surface area contributed by atoms with Gasteiger partial charge in [0.15, 0.2) is 0 Å². The highest BCUT2D eigenvalue weighted by Gasteiger charge is 2.10.